The molecule has 3 rings (SSSR count). The number of hydrogen-bond donors (Lipinski definition) is 3. The normalized spacial score (nSPS) is 15.7. The zero-order valence-corrected chi connectivity index (χ0v) is 10.7. The van der Waals surface area contributed by atoms with Crippen molar-refractivity contribution in [3.8, 4) is 0 Å². The number of fused-ring (bicyclic) bond motifs is 3. The number of aliphatic imine (C=N–C) groups is 1. The molecule has 0 saturated carbocycles. The van der Waals surface area contributed by atoms with Gasteiger partial charge in [-0.3, -0.25) is 14.3 Å². The topological polar surface area (TPSA) is 94.6 Å². The van der Waals surface area contributed by atoms with Crippen LogP contribution in [-0.2, 0) is 29.0 Å². The van der Waals surface area contributed by atoms with E-state index in [4.69, 9.17) is 4.55 Å². The summed E-state index contributed by atoms with van der Waals surface area (Å²) in [6.45, 7) is 0.380. The number of hydrogen-bond acceptors (Lipinski definition) is 3. The number of nitrogens with zero attached hydrogens (tertiary/aromatic N) is 1. The lowest BCUT2D eigenvalue weighted by molar-refractivity contribution is -0.113. The zero-order valence-electron chi connectivity index (χ0n) is 9.84. The highest BCUT2D eigenvalue weighted by Gasteiger charge is 2.22. The van der Waals surface area contributed by atoms with Crippen molar-refractivity contribution in [3.05, 3.63) is 35.5 Å². The molecule has 1 unspecified atom stereocenters. The molecule has 3 N–H and O–H groups in total. The third kappa shape index (κ3) is 2.18. The number of para-hydroxylation sites is 1. The van der Waals surface area contributed by atoms with Crippen LogP contribution in [0.5, 0.6) is 0 Å². The lowest BCUT2D eigenvalue weighted by atomic mass is 10.0. The van der Waals surface area contributed by atoms with Crippen LogP contribution in [0.3, 0.4) is 0 Å². The van der Waals surface area contributed by atoms with Gasteiger partial charge >= 0.3 is 0 Å². The summed E-state index contributed by atoms with van der Waals surface area (Å²) in [5.41, 5.74) is 3.30. The largest absolute Gasteiger partial charge is 0.357 e. The third-order valence-corrected chi connectivity index (χ3v) is 3.48. The highest BCUT2D eigenvalue weighted by Crippen LogP contribution is 2.26. The zero-order chi connectivity index (χ0) is 13.4. The number of amides is 1. The SMILES string of the molecule is O=C(NS(=O)O)C1=NCc2[nH]c3ccccc3c2C1. The number of rotatable bonds is 2. The number of aromatic nitrogens is 1. The minimum Gasteiger partial charge on any atom is -0.357 e. The van der Waals surface area contributed by atoms with E-state index < -0.39 is 17.2 Å². The van der Waals surface area contributed by atoms with Gasteiger partial charge in [-0.05, 0) is 11.6 Å². The molecule has 1 aliphatic heterocycles. The van der Waals surface area contributed by atoms with Gasteiger partial charge in [-0.1, -0.05) is 18.2 Å². The van der Waals surface area contributed by atoms with Crippen molar-refractivity contribution < 1.29 is 13.6 Å². The van der Waals surface area contributed by atoms with Gasteiger partial charge in [-0.2, -0.15) is 0 Å². The number of aromatic amines is 1. The van der Waals surface area contributed by atoms with Crippen LogP contribution >= 0.6 is 0 Å². The lowest BCUT2D eigenvalue weighted by Crippen LogP contribution is -2.34. The predicted molar refractivity (Wildman–Crippen MR) is 72.1 cm³/mol. The van der Waals surface area contributed by atoms with Crippen molar-refractivity contribution >= 4 is 33.8 Å². The summed E-state index contributed by atoms with van der Waals surface area (Å²) in [5.74, 6) is -0.600. The van der Waals surface area contributed by atoms with E-state index >= 15 is 0 Å². The average molecular weight is 277 g/mol. The Morgan fingerprint density at radius 3 is 3.00 bits per heavy atom. The van der Waals surface area contributed by atoms with Gasteiger partial charge < -0.3 is 4.98 Å². The van der Waals surface area contributed by atoms with E-state index in [1.165, 1.54) is 0 Å². The number of carbonyl (C=O) groups is 1. The first-order chi connectivity index (χ1) is 9.15. The number of H-pyrrole nitrogens is 1. The van der Waals surface area contributed by atoms with Gasteiger partial charge in [0.25, 0.3) is 17.2 Å². The van der Waals surface area contributed by atoms with E-state index in [0.29, 0.717) is 13.0 Å². The summed E-state index contributed by atoms with van der Waals surface area (Å²) >= 11 is -2.36. The number of benzene rings is 1. The maximum atomic E-state index is 11.7. The monoisotopic (exact) mass is 277 g/mol. The van der Waals surface area contributed by atoms with E-state index in [1.54, 1.807) is 0 Å². The maximum Gasteiger partial charge on any atom is 0.278 e. The molecule has 2 heterocycles. The quantitative estimate of drug-likeness (QED) is 0.712. The van der Waals surface area contributed by atoms with E-state index in [2.05, 4.69) is 9.98 Å². The van der Waals surface area contributed by atoms with Gasteiger partial charge in [0.15, 0.2) is 0 Å². The molecular weight excluding hydrogens is 266 g/mol. The smallest absolute Gasteiger partial charge is 0.278 e. The molecule has 0 fully saturated rings. The Morgan fingerprint density at radius 2 is 2.21 bits per heavy atom. The van der Waals surface area contributed by atoms with Crippen molar-refractivity contribution in [2.75, 3.05) is 0 Å². The van der Waals surface area contributed by atoms with Crippen LogP contribution in [0.4, 0.5) is 0 Å². The Labute approximate surface area is 111 Å². The summed E-state index contributed by atoms with van der Waals surface area (Å²) < 4.78 is 21.2. The maximum absolute atomic E-state index is 11.7. The molecule has 6 nitrogen and oxygen atoms in total. The first kappa shape index (κ1) is 12.1. The Hall–Kier alpha value is -1.99. The minimum absolute atomic E-state index is 0.277. The molecule has 1 amide bonds. The molecule has 0 bridgehead atoms. The minimum atomic E-state index is -2.36. The van der Waals surface area contributed by atoms with E-state index in [9.17, 15) is 9.00 Å². The standard InChI is InChI=1S/C12H11N3O3S/c16-12(15-19(17)18)10-5-8-7-3-1-2-4-9(7)14-11(8)6-13-10/h1-4,14H,5-6H2,(H,15,16)(H,17,18). The molecular formula is C12H11N3O3S. The second kappa shape index (κ2) is 4.60. The van der Waals surface area contributed by atoms with Crippen molar-refractivity contribution in [1.29, 1.82) is 0 Å². The van der Waals surface area contributed by atoms with Gasteiger partial charge in [-0.25, -0.2) is 8.93 Å². The molecule has 2 aromatic rings. The fourth-order valence-electron chi connectivity index (χ4n) is 2.28. The Kier molecular flexibility index (Phi) is 2.92. The van der Waals surface area contributed by atoms with Crippen LogP contribution in [0.1, 0.15) is 11.3 Å². The molecule has 0 saturated heterocycles. The van der Waals surface area contributed by atoms with Crippen LogP contribution in [0.2, 0.25) is 0 Å². The molecule has 1 aromatic carbocycles. The van der Waals surface area contributed by atoms with E-state index in [1.807, 2.05) is 29.0 Å². The summed E-state index contributed by atoms with van der Waals surface area (Å²) in [6, 6.07) is 7.82. The number of carbonyl (C=O) groups excluding carboxylic acids is 1. The summed E-state index contributed by atoms with van der Waals surface area (Å²) in [4.78, 5) is 19.1. The van der Waals surface area contributed by atoms with Gasteiger partial charge in [0.2, 0.25) is 0 Å². The predicted octanol–water partition coefficient (Wildman–Crippen LogP) is 0.918. The highest BCUT2D eigenvalue weighted by atomic mass is 32.2. The second-order valence-electron chi connectivity index (χ2n) is 4.25. The Balaban J connectivity index is 1.94. The molecule has 19 heavy (non-hydrogen) atoms. The molecule has 98 valence electrons. The summed E-state index contributed by atoms with van der Waals surface area (Å²) in [7, 11) is 0. The number of nitrogens with one attached hydrogen (secondary N) is 2. The summed E-state index contributed by atoms with van der Waals surface area (Å²) in [6.07, 6.45) is 0.363. The third-order valence-electron chi connectivity index (χ3n) is 3.12. The van der Waals surface area contributed by atoms with Gasteiger partial charge in [0.1, 0.15) is 5.71 Å². The fraction of sp³-hybridized carbons (Fsp3) is 0.167. The van der Waals surface area contributed by atoms with E-state index in [-0.39, 0.29) is 5.71 Å². The van der Waals surface area contributed by atoms with Crippen LogP contribution in [0, 0.1) is 0 Å². The van der Waals surface area contributed by atoms with Crippen molar-refractivity contribution in [2.45, 2.75) is 13.0 Å². The van der Waals surface area contributed by atoms with Crippen LogP contribution in [-0.4, -0.2) is 25.4 Å². The molecule has 7 heteroatoms. The highest BCUT2D eigenvalue weighted by molar-refractivity contribution is 7.77. The first-order valence-electron chi connectivity index (χ1n) is 5.69. The molecule has 1 aliphatic rings. The Morgan fingerprint density at radius 1 is 1.42 bits per heavy atom. The lowest BCUT2D eigenvalue weighted by Gasteiger charge is -2.12. The second-order valence-corrected chi connectivity index (χ2v) is 4.95. The van der Waals surface area contributed by atoms with Gasteiger partial charge in [0.05, 0.1) is 6.54 Å². The fourth-order valence-corrected chi connectivity index (χ4v) is 2.56. The van der Waals surface area contributed by atoms with Crippen molar-refractivity contribution in [1.82, 2.24) is 9.71 Å². The molecule has 0 aliphatic carbocycles. The van der Waals surface area contributed by atoms with Gasteiger partial charge in [0, 0.05) is 23.0 Å². The van der Waals surface area contributed by atoms with Crippen LogP contribution < -0.4 is 4.72 Å². The molecule has 1 atom stereocenters. The van der Waals surface area contributed by atoms with Crippen molar-refractivity contribution in [2.24, 2.45) is 4.99 Å². The average Bonchev–Trinajstić information content (AvgIpc) is 2.75. The van der Waals surface area contributed by atoms with Crippen LogP contribution in [0.25, 0.3) is 10.9 Å². The summed E-state index contributed by atoms with van der Waals surface area (Å²) in [5, 5.41) is 1.06. The molecule has 0 spiro atoms. The van der Waals surface area contributed by atoms with Crippen LogP contribution in [0.15, 0.2) is 29.3 Å². The molecule has 1 aromatic heterocycles. The van der Waals surface area contributed by atoms with Gasteiger partial charge in [-0.15, -0.1) is 0 Å². The van der Waals surface area contributed by atoms with E-state index in [0.717, 1.165) is 22.2 Å². The Bertz CT molecular complexity index is 720. The van der Waals surface area contributed by atoms with Crippen molar-refractivity contribution in [3.63, 3.8) is 0 Å². The molecule has 0 radical (unpaired) electrons. The first-order valence-corrected chi connectivity index (χ1v) is 6.79.